The molecule has 0 radical (unpaired) electrons. The van der Waals surface area contributed by atoms with Crippen LogP contribution in [0.2, 0.25) is 0 Å². The zero-order valence-corrected chi connectivity index (χ0v) is 14.4. The Labute approximate surface area is 142 Å². The molecular weight excluding hydrogens is 306 g/mol. The van der Waals surface area contributed by atoms with Gasteiger partial charge >= 0.3 is 0 Å². The molecule has 2 unspecified atom stereocenters. The van der Waals surface area contributed by atoms with Gasteiger partial charge < -0.3 is 19.5 Å². The number of pyridine rings is 1. The number of aliphatic hydroxyl groups excluding tert-OH is 1. The van der Waals surface area contributed by atoms with E-state index >= 15 is 0 Å². The summed E-state index contributed by atoms with van der Waals surface area (Å²) in [6.07, 6.45) is 5.40. The van der Waals surface area contributed by atoms with Crippen LogP contribution in [0.15, 0.2) is 23.1 Å². The Balaban J connectivity index is 1.67. The number of likely N-dealkylation sites (tertiary alicyclic amines) is 2. The lowest BCUT2D eigenvalue weighted by Gasteiger charge is -2.30. The van der Waals surface area contributed by atoms with Crippen molar-refractivity contribution in [3.8, 4) is 0 Å². The van der Waals surface area contributed by atoms with Crippen LogP contribution in [-0.4, -0.2) is 64.7 Å². The summed E-state index contributed by atoms with van der Waals surface area (Å²) in [6.45, 7) is 4.62. The van der Waals surface area contributed by atoms with Crippen LogP contribution in [0.4, 0.5) is 0 Å². The molecule has 1 aromatic heterocycles. The van der Waals surface area contributed by atoms with Gasteiger partial charge in [0.25, 0.3) is 5.91 Å². The van der Waals surface area contributed by atoms with Gasteiger partial charge in [-0.25, -0.2) is 0 Å². The Morgan fingerprint density at radius 3 is 2.54 bits per heavy atom. The maximum atomic E-state index is 12.7. The third-order valence-electron chi connectivity index (χ3n) is 5.37. The highest BCUT2D eigenvalue weighted by Gasteiger charge is 2.36. The molecular formula is C18H27N3O3. The molecule has 6 heteroatoms. The lowest BCUT2D eigenvalue weighted by Crippen LogP contribution is -2.37. The molecule has 0 spiro atoms. The molecule has 1 N–H and O–H groups in total. The molecule has 0 aromatic carbocycles. The first-order chi connectivity index (χ1) is 11.6. The first-order valence-corrected chi connectivity index (χ1v) is 8.87. The van der Waals surface area contributed by atoms with E-state index in [1.54, 1.807) is 19.3 Å². The standard InChI is InChI=1S/C18H27N3O3/c1-19-9-14(5-6-17(19)23)18(24)21-11-15(16(12-21)13-22)10-20-7-3-2-4-8-20/h5-6,9,15-16,22H,2-4,7-8,10-13H2,1H3. The summed E-state index contributed by atoms with van der Waals surface area (Å²) in [5.41, 5.74) is 0.414. The van der Waals surface area contributed by atoms with Crippen LogP contribution in [0.5, 0.6) is 0 Å². The highest BCUT2D eigenvalue weighted by Crippen LogP contribution is 2.26. The molecule has 1 amide bonds. The second kappa shape index (κ2) is 7.49. The number of aromatic nitrogens is 1. The van der Waals surface area contributed by atoms with Crippen LogP contribution >= 0.6 is 0 Å². The Hall–Kier alpha value is -1.66. The Kier molecular flexibility index (Phi) is 5.36. The van der Waals surface area contributed by atoms with E-state index in [-0.39, 0.29) is 24.0 Å². The van der Waals surface area contributed by atoms with Crippen molar-refractivity contribution < 1.29 is 9.90 Å². The first-order valence-electron chi connectivity index (χ1n) is 8.87. The van der Waals surface area contributed by atoms with Gasteiger partial charge in [0.05, 0.1) is 5.56 Å². The molecule has 2 fully saturated rings. The molecule has 1 aromatic rings. The van der Waals surface area contributed by atoms with Crippen molar-refractivity contribution in [1.82, 2.24) is 14.4 Å². The molecule has 0 aliphatic carbocycles. The van der Waals surface area contributed by atoms with Gasteiger partial charge in [-0.3, -0.25) is 9.59 Å². The van der Waals surface area contributed by atoms with Gasteiger partial charge in [-0.05, 0) is 37.9 Å². The number of piperidine rings is 1. The van der Waals surface area contributed by atoms with Crippen LogP contribution in [0.3, 0.4) is 0 Å². The van der Waals surface area contributed by atoms with Crippen molar-refractivity contribution in [3.05, 3.63) is 34.2 Å². The minimum absolute atomic E-state index is 0.0507. The van der Waals surface area contributed by atoms with E-state index in [9.17, 15) is 14.7 Å². The summed E-state index contributed by atoms with van der Waals surface area (Å²) in [4.78, 5) is 28.5. The molecule has 2 saturated heterocycles. The number of amides is 1. The van der Waals surface area contributed by atoms with Crippen LogP contribution in [0.1, 0.15) is 29.6 Å². The predicted octanol–water partition coefficient (Wildman–Crippen LogP) is 0.552. The van der Waals surface area contributed by atoms with E-state index in [0.717, 1.165) is 19.6 Å². The molecule has 2 aliphatic rings. The van der Waals surface area contributed by atoms with Crippen molar-refractivity contribution >= 4 is 5.91 Å². The number of hydrogen-bond donors (Lipinski definition) is 1. The SMILES string of the molecule is Cn1cc(C(=O)N2CC(CO)C(CN3CCCCC3)C2)ccc1=O. The highest BCUT2D eigenvalue weighted by atomic mass is 16.3. The molecule has 6 nitrogen and oxygen atoms in total. The fraction of sp³-hybridized carbons (Fsp3) is 0.667. The largest absolute Gasteiger partial charge is 0.396 e. The minimum atomic E-state index is -0.121. The van der Waals surface area contributed by atoms with E-state index in [0.29, 0.717) is 24.6 Å². The van der Waals surface area contributed by atoms with Crippen molar-refractivity contribution in [2.24, 2.45) is 18.9 Å². The maximum absolute atomic E-state index is 12.7. The first kappa shape index (κ1) is 17.2. The summed E-state index contributed by atoms with van der Waals surface area (Å²) in [5, 5.41) is 9.71. The zero-order valence-electron chi connectivity index (χ0n) is 14.4. The quantitative estimate of drug-likeness (QED) is 0.874. The van der Waals surface area contributed by atoms with E-state index < -0.39 is 0 Å². The van der Waals surface area contributed by atoms with Crippen molar-refractivity contribution in [1.29, 1.82) is 0 Å². The monoisotopic (exact) mass is 333 g/mol. The van der Waals surface area contributed by atoms with Crippen molar-refractivity contribution in [2.45, 2.75) is 19.3 Å². The van der Waals surface area contributed by atoms with Gasteiger partial charge in [-0.1, -0.05) is 6.42 Å². The third kappa shape index (κ3) is 3.70. The second-order valence-corrected chi connectivity index (χ2v) is 7.14. The number of carbonyl (C=O) groups excluding carboxylic acids is 1. The average Bonchev–Trinajstić information content (AvgIpc) is 3.00. The summed E-state index contributed by atoms with van der Waals surface area (Å²) in [5.74, 6) is 0.415. The molecule has 132 valence electrons. The maximum Gasteiger partial charge on any atom is 0.255 e. The number of nitrogens with zero attached hydrogens (tertiary/aromatic N) is 3. The smallest absolute Gasteiger partial charge is 0.255 e. The number of aliphatic hydroxyl groups is 1. The summed E-state index contributed by atoms with van der Waals surface area (Å²) in [6, 6.07) is 3.02. The lowest BCUT2D eigenvalue weighted by atomic mass is 9.95. The summed E-state index contributed by atoms with van der Waals surface area (Å²) >= 11 is 0. The molecule has 0 saturated carbocycles. The molecule has 3 rings (SSSR count). The van der Waals surface area contributed by atoms with Crippen molar-refractivity contribution in [3.63, 3.8) is 0 Å². The van der Waals surface area contributed by atoms with E-state index in [4.69, 9.17) is 0 Å². The van der Waals surface area contributed by atoms with Gasteiger partial charge in [0, 0.05) is 51.5 Å². The Bertz CT molecular complexity index is 637. The van der Waals surface area contributed by atoms with Crippen LogP contribution in [-0.2, 0) is 7.05 Å². The van der Waals surface area contributed by atoms with Gasteiger partial charge in [0.2, 0.25) is 5.56 Å². The number of carbonyl (C=O) groups is 1. The lowest BCUT2D eigenvalue weighted by molar-refractivity contribution is 0.0777. The van der Waals surface area contributed by atoms with Gasteiger partial charge in [-0.15, -0.1) is 0 Å². The topological polar surface area (TPSA) is 65.8 Å². The molecule has 0 bridgehead atoms. The van der Waals surface area contributed by atoms with Crippen LogP contribution < -0.4 is 5.56 Å². The molecule has 2 atom stereocenters. The van der Waals surface area contributed by atoms with Crippen LogP contribution in [0.25, 0.3) is 0 Å². The fourth-order valence-corrected chi connectivity index (χ4v) is 3.89. The highest BCUT2D eigenvalue weighted by molar-refractivity contribution is 5.94. The van der Waals surface area contributed by atoms with Gasteiger partial charge in [0.15, 0.2) is 0 Å². The Morgan fingerprint density at radius 2 is 1.88 bits per heavy atom. The summed E-state index contributed by atoms with van der Waals surface area (Å²) < 4.78 is 1.43. The zero-order chi connectivity index (χ0) is 17.1. The molecule has 2 aliphatic heterocycles. The van der Waals surface area contributed by atoms with E-state index in [1.807, 2.05) is 4.90 Å². The summed E-state index contributed by atoms with van der Waals surface area (Å²) in [7, 11) is 1.65. The molecule has 24 heavy (non-hydrogen) atoms. The Morgan fingerprint density at radius 1 is 1.17 bits per heavy atom. The predicted molar refractivity (Wildman–Crippen MR) is 91.9 cm³/mol. The van der Waals surface area contributed by atoms with E-state index in [2.05, 4.69) is 4.90 Å². The normalized spacial score (nSPS) is 25.2. The van der Waals surface area contributed by atoms with Gasteiger partial charge in [0.1, 0.15) is 0 Å². The minimum Gasteiger partial charge on any atom is -0.396 e. The van der Waals surface area contributed by atoms with Crippen LogP contribution in [0, 0.1) is 11.8 Å². The fourth-order valence-electron chi connectivity index (χ4n) is 3.89. The number of aryl methyl sites for hydroxylation is 1. The second-order valence-electron chi connectivity index (χ2n) is 7.14. The van der Waals surface area contributed by atoms with Crippen molar-refractivity contribution in [2.75, 3.05) is 39.3 Å². The van der Waals surface area contributed by atoms with E-state index in [1.165, 1.54) is 29.9 Å². The van der Waals surface area contributed by atoms with Gasteiger partial charge in [-0.2, -0.15) is 0 Å². The number of hydrogen-bond acceptors (Lipinski definition) is 4. The average molecular weight is 333 g/mol. The number of rotatable bonds is 4. The third-order valence-corrected chi connectivity index (χ3v) is 5.37. The molecule has 3 heterocycles.